The van der Waals surface area contributed by atoms with Crippen LogP contribution in [0.5, 0.6) is 0 Å². The number of unbranched alkanes of at least 4 members (excludes halogenated alkanes) is 4. The van der Waals surface area contributed by atoms with Crippen LogP contribution >= 0.6 is 0 Å². The minimum Gasteiger partial charge on any atom is -0.363 e. The SMILES string of the molecule is CCCCCCN(CC(=O)Nc1ccon1)C(=O)c1ccc(CCCC)cc1. The smallest absolute Gasteiger partial charge is 0.254 e. The molecule has 2 amide bonds. The van der Waals surface area contributed by atoms with Crippen LogP contribution in [0.15, 0.2) is 41.1 Å². The first-order chi connectivity index (χ1) is 13.6. The van der Waals surface area contributed by atoms with Gasteiger partial charge in [-0.3, -0.25) is 9.59 Å². The molecule has 0 saturated carbocycles. The predicted molar refractivity (Wildman–Crippen MR) is 110 cm³/mol. The van der Waals surface area contributed by atoms with Crippen LogP contribution in [0, 0.1) is 0 Å². The van der Waals surface area contributed by atoms with E-state index in [0.717, 1.165) is 44.9 Å². The highest BCUT2D eigenvalue weighted by molar-refractivity contribution is 5.99. The summed E-state index contributed by atoms with van der Waals surface area (Å²) in [5.41, 5.74) is 1.85. The van der Waals surface area contributed by atoms with Gasteiger partial charge < -0.3 is 14.7 Å². The Morgan fingerprint density at radius 2 is 1.75 bits per heavy atom. The van der Waals surface area contributed by atoms with Crippen molar-refractivity contribution < 1.29 is 14.1 Å². The zero-order valence-electron chi connectivity index (χ0n) is 16.9. The van der Waals surface area contributed by atoms with Gasteiger partial charge in [-0.05, 0) is 37.0 Å². The summed E-state index contributed by atoms with van der Waals surface area (Å²) in [6.45, 7) is 4.87. The molecule has 0 aliphatic rings. The van der Waals surface area contributed by atoms with Gasteiger partial charge in [0.25, 0.3) is 5.91 Å². The second-order valence-electron chi connectivity index (χ2n) is 7.02. The van der Waals surface area contributed by atoms with Crippen molar-refractivity contribution in [2.45, 2.75) is 58.8 Å². The molecule has 1 aromatic heterocycles. The van der Waals surface area contributed by atoms with E-state index in [2.05, 4.69) is 24.3 Å². The van der Waals surface area contributed by atoms with Gasteiger partial charge in [-0.15, -0.1) is 0 Å². The Labute approximate surface area is 167 Å². The second kappa shape index (κ2) is 12.0. The highest BCUT2D eigenvalue weighted by atomic mass is 16.5. The van der Waals surface area contributed by atoms with Crippen molar-refractivity contribution in [2.24, 2.45) is 0 Å². The lowest BCUT2D eigenvalue weighted by atomic mass is 10.1. The number of benzene rings is 1. The van der Waals surface area contributed by atoms with E-state index in [1.54, 1.807) is 11.0 Å². The topological polar surface area (TPSA) is 75.4 Å². The first kappa shape index (κ1) is 21.7. The van der Waals surface area contributed by atoms with Crippen LogP contribution in [0.4, 0.5) is 5.82 Å². The number of nitrogens with one attached hydrogen (secondary N) is 1. The van der Waals surface area contributed by atoms with Crippen molar-refractivity contribution in [3.05, 3.63) is 47.7 Å². The Bertz CT molecular complexity index is 711. The molecule has 0 bridgehead atoms. The number of rotatable bonds is 12. The molecular formula is C22H31N3O3. The van der Waals surface area contributed by atoms with Crippen LogP contribution in [0.1, 0.15) is 68.3 Å². The molecule has 1 N–H and O–H groups in total. The highest BCUT2D eigenvalue weighted by Crippen LogP contribution is 2.12. The average molecular weight is 386 g/mol. The van der Waals surface area contributed by atoms with Crippen molar-refractivity contribution in [3.8, 4) is 0 Å². The van der Waals surface area contributed by atoms with E-state index in [9.17, 15) is 9.59 Å². The van der Waals surface area contributed by atoms with Crippen molar-refractivity contribution in [1.82, 2.24) is 10.1 Å². The molecule has 2 rings (SSSR count). The van der Waals surface area contributed by atoms with Crippen LogP contribution in [0.3, 0.4) is 0 Å². The number of aromatic nitrogens is 1. The molecule has 0 aliphatic carbocycles. The molecule has 6 heteroatoms. The first-order valence-electron chi connectivity index (χ1n) is 10.2. The van der Waals surface area contributed by atoms with Crippen LogP contribution in [0.25, 0.3) is 0 Å². The summed E-state index contributed by atoms with van der Waals surface area (Å²) < 4.78 is 4.72. The summed E-state index contributed by atoms with van der Waals surface area (Å²) in [5.74, 6) is -0.0465. The number of anilines is 1. The first-order valence-corrected chi connectivity index (χ1v) is 10.2. The van der Waals surface area contributed by atoms with E-state index in [-0.39, 0.29) is 18.4 Å². The summed E-state index contributed by atoms with van der Waals surface area (Å²) in [4.78, 5) is 26.9. The fourth-order valence-electron chi connectivity index (χ4n) is 2.99. The van der Waals surface area contributed by atoms with Crippen LogP contribution in [-0.4, -0.2) is 35.0 Å². The van der Waals surface area contributed by atoms with E-state index >= 15 is 0 Å². The fraction of sp³-hybridized carbons (Fsp3) is 0.500. The van der Waals surface area contributed by atoms with Gasteiger partial charge in [0.05, 0.1) is 0 Å². The molecule has 0 unspecified atom stereocenters. The third-order valence-corrected chi connectivity index (χ3v) is 4.63. The number of hydrogen-bond donors (Lipinski definition) is 1. The van der Waals surface area contributed by atoms with Crippen molar-refractivity contribution in [1.29, 1.82) is 0 Å². The maximum atomic E-state index is 13.0. The Hall–Kier alpha value is -2.63. The summed E-state index contributed by atoms with van der Waals surface area (Å²) in [6, 6.07) is 9.31. The molecule has 1 aromatic carbocycles. The normalized spacial score (nSPS) is 10.6. The third kappa shape index (κ3) is 7.18. The van der Waals surface area contributed by atoms with E-state index in [1.807, 2.05) is 24.3 Å². The van der Waals surface area contributed by atoms with Crippen LogP contribution in [-0.2, 0) is 11.2 Å². The summed E-state index contributed by atoms with van der Waals surface area (Å²) in [7, 11) is 0. The summed E-state index contributed by atoms with van der Waals surface area (Å²) >= 11 is 0. The van der Waals surface area contributed by atoms with E-state index in [1.165, 1.54) is 11.8 Å². The standard InChI is InChI=1S/C22H31N3O3/c1-3-5-7-8-15-25(17-21(26)23-20-14-16-28-24-20)22(27)19-12-10-18(11-13-19)9-6-4-2/h10-14,16H,3-9,15,17H2,1-2H3,(H,23,24,26). The fourth-order valence-corrected chi connectivity index (χ4v) is 2.99. The van der Waals surface area contributed by atoms with Crippen LogP contribution < -0.4 is 5.32 Å². The molecule has 0 radical (unpaired) electrons. The Morgan fingerprint density at radius 1 is 1.00 bits per heavy atom. The average Bonchev–Trinajstić information content (AvgIpc) is 3.21. The van der Waals surface area contributed by atoms with Gasteiger partial charge in [0, 0.05) is 18.2 Å². The lowest BCUT2D eigenvalue weighted by molar-refractivity contribution is -0.117. The molecule has 2 aromatic rings. The van der Waals surface area contributed by atoms with Gasteiger partial charge in [0.15, 0.2) is 5.82 Å². The predicted octanol–water partition coefficient (Wildman–Crippen LogP) is 4.68. The van der Waals surface area contributed by atoms with Gasteiger partial charge in [0.2, 0.25) is 5.91 Å². The zero-order chi connectivity index (χ0) is 20.2. The van der Waals surface area contributed by atoms with E-state index in [0.29, 0.717) is 17.9 Å². The Morgan fingerprint density at radius 3 is 2.39 bits per heavy atom. The number of amides is 2. The highest BCUT2D eigenvalue weighted by Gasteiger charge is 2.19. The monoisotopic (exact) mass is 385 g/mol. The largest absolute Gasteiger partial charge is 0.363 e. The minimum atomic E-state index is -0.280. The molecule has 0 atom stereocenters. The molecular weight excluding hydrogens is 354 g/mol. The number of carbonyl (C=O) groups is 2. The van der Waals surface area contributed by atoms with Gasteiger partial charge in [0.1, 0.15) is 12.8 Å². The van der Waals surface area contributed by atoms with Crippen LogP contribution in [0.2, 0.25) is 0 Å². The zero-order valence-corrected chi connectivity index (χ0v) is 16.9. The maximum absolute atomic E-state index is 13.0. The number of carbonyl (C=O) groups excluding carboxylic acids is 2. The minimum absolute atomic E-state index is 0.00456. The summed E-state index contributed by atoms with van der Waals surface area (Å²) in [5, 5.41) is 6.33. The van der Waals surface area contributed by atoms with E-state index in [4.69, 9.17) is 4.52 Å². The molecule has 0 fully saturated rings. The number of nitrogens with zero attached hydrogens (tertiary/aromatic N) is 2. The van der Waals surface area contributed by atoms with Crippen molar-refractivity contribution in [2.75, 3.05) is 18.4 Å². The lowest BCUT2D eigenvalue weighted by Crippen LogP contribution is -2.38. The number of hydrogen-bond acceptors (Lipinski definition) is 4. The second-order valence-corrected chi connectivity index (χ2v) is 7.02. The maximum Gasteiger partial charge on any atom is 0.254 e. The molecule has 6 nitrogen and oxygen atoms in total. The van der Waals surface area contributed by atoms with Gasteiger partial charge in [-0.2, -0.15) is 0 Å². The lowest BCUT2D eigenvalue weighted by Gasteiger charge is -2.22. The van der Waals surface area contributed by atoms with Gasteiger partial charge >= 0.3 is 0 Å². The molecule has 152 valence electrons. The number of aryl methyl sites for hydroxylation is 1. The van der Waals surface area contributed by atoms with E-state index < -0.39 is 0 Å². The van der Waals surface area contributed by atoms with Crippen molar-refractivity contribution in [3.63, 3.8) is 0 Å². The van der Waals surface area contributed by atoms with Crippen molar-refractivity contribution >= 4 is 17.6 Å². The quantitative estimate of drug-likeness (QED) is 0.538. The Balaban J connectivity index is 2.01. The molecule has 0 aliphatic heterocycles. The molecule has 1 heterocycles. The Kier molecular flexibility index (Phi) is 9.25. The molecule has 0 saturated heterocycles. The van der Waals surface area contributed by atoms with Gasteiger partial charge in [-0.1, -0.05) is 56.8 Å². The molecule has 28 heavy (non-hydrogen) atoms. The van der Waals surface area contributed by atoms with Gasteiger partial charge in [-0.25, -0.2) is 0 Å². The summed E-state index contributed by atoms with van der Waals surface area (Å²) in [6.07, 6.45) is 8.87. The third-order valence-electron chi connectivity index (χ3n) is 4.63. The molecule has 0 spiro atoms.